The summed E-state index contributed by atoms with van der Waals surface area (Å²) in [6, 6.07) is 7.18. The summed E-state index contributed by atoms with van der Waals surface area (Å²) in [7, 11) is 1.95. The number of rotatable bonds is 5. The number of benzene rings is 1. The third-order valence-corrected chi connectivity index (χ3v) is 4.64. The molecule has 0 aliphatic heterocycles. The van der Waals surface area contributed by atoms with Crippen molar-refractivity contribution in [1.82, 2.24) is 14.8 Å². The van der Waals surface area contributed by atoms with Gasteiger partial charge in [-0.3, -0.25) is 4.79 Å². The van der Waals surface area contributed by atoms with Crippen molar-refractivity contribution in [3.8, 4) is 0 Å². The van der Waals surface area contributed by atoms with Crippen molar-refractivity contribution in [2.24, 2.45) is 7.05 Å². The number of hydrogen-bond donors (Lipinski definition) is 1. The maximum Gasteiger partial charge on any atom is 0.234 e. The number of aromatic nitrogens is 3. The van der Waals surface area contributed by atoms with Crippen LogP contribution in [0.25, 0.3) is 0 Å². The minimum Gasteiger partial charge on any atom is -0.324 e. The second kappa shape index (κ2) is 6.07. The molecule has 0 bridgehead atoms. The van der Waals surface area contributed by atoms with Gasteiger partial charge in [0.1, 0.15) is 5.82 Å². The molecule has 0 saturated heterocycles. The molecule has 0 spiro atoms. The van der Waals surface area contributed by atoms with Crippen LogP contribution in [0.5, 0.6) is 0 Å². The van der Waals surface area contributed by atoms with Gasteiger partial charge in [-0.2, -0.15) is 0 Å². The van der Waals surface area contributed by atoms with Gasteiger partial charge in [-0.25, -0.2) is 0 Å². The fourth-order valence-corrected chi connectivity index (χ4v) is 2.93. The Morgan fingerprint density at radius 3 is 2.90 bits per heavy atom. The van der Waals surface area contributed by atoms with Crippen LogP contribution in [0, 0.1) is 0 Å². The van der Waals surface area contributed by atoms with Crippen LogP contribution < -0.4 is 5.32 Å². The van der Waals surface area contributed by atoms with Gasteiger partial charge in [-0.15, -0.1) is 10.2 Å². The van der Waals surface area contributed by atoms with E-state index < -0.39 is 0 Å². The predicted octanol–water partition coefficient (Wildman–Crippen LogP) is 3.08. The number of anilines is 1. The van der Waals surface area contributed by atoms with Crippen molar-refractivity contribution < 1.29 is 4.79 Å². The lowest BCUT2D eigenvalue weighted by molar-refractivity contribution is -0.113. The molecular formula is C14H15ClN4OS. The Labute approximate surface area is 132 Å². The SMILES string of the molecule is Cn1c(SCC(=O)Nc2ccccc2Cl)nnc1C1CC1. The molecule has 0 atom stereocenters. The topological polar surface area (TPSA) is 59.8 Å². The lowest BCUT2D eigenvalue weighted by Crippen LogP contribution is -2.14. The summed E-state index contributed by atoms with van der Waals surface area (Å²) in [5, 5.41) is 12.4. The summed E-state index contributed by atoms with van der Waals surface area (Å²) in [6.07, 6.45) is 2.37. The van der Waals surface area contributed by atoms with Crippen LogP contribution in [0.4, 0.5) is 5.69 Å². The molecule has 1 heterocycles. The number of carbonyl (C=O) groups is 1. The van der Waals surface area contributed by atoms with Crippen molar-refractivity contribution in [2.75, 3.05) is 11.1 Å². The minimum atomic E-state index is -0.107. The number of amides is 1. The molecule has 21 heavy (non-hydrogen) atoms. The van der Waals surface area contributed by atoms with E-state index in [1.807, 2.05) is 23.7 Å². The maximum atomic E-state index is 12.0. The zero-order valence-corrected chi connectivity index (χ0v) is 13.1. The smallest absolute Gasteiger partial charge is 0.234 e. The van der Waals surface area contributed by atoms with Crippen molar-refractivity contribution in [3.05, 3.63) is 35.1 Å². The van der Waals surface area contributed by atoms with E-state index in [0.717, 1.165) is 11.0 Å². The molecule has 1 aliphatic carbocycles. The number of para-hydroxylation sites is 1. The van der Waals surface area contributed by atoms with E-state index in [1.54, 1.807) is 12.1 Å². The van der Waals surface area contributed by atoms with Crippen LogP contribution in [0.2, 0.25) is 5.02 Å². The summed E-state index contributed by atoms with van der Waals surface area (Å²) in [5.41, 5.74) is 0.626. The van der Waals surface area contributed by atoms with E-state index in [0.29, 0.717) is 16.6 Å². The van der Waals surface area contributed by atoms with Crippen LogP contribution in [0.1, 0.15) is 24.6 Å². The van der Waals surface area contributed by atoms with E-state index in [1.165, 1.54) is 24.6 Å². The highest BCUT2D eigenvalue weighted by Gasteiger charge is 2.29. The fraction of sp³-hybridized carbons (Fsp3) is 0.357. The number of nitrogens with zero attached hydrogens (tertiary/aromatic N) is 3. The lowest BCUT2D eigenvalue weighted by atomic mass is 10.3. The molecule has 1 N–H and O–H groups in total. The Balaban J connectivity index is 1.57. The van der Waals surface area contributed by atoms with Crippen LogP contribution in [-0.2, 0) is 11.8 Å². The Morgan fingerprint density at radius 2 is 2.19 bits per heavy atom. The third-order valence-electron chi connectivity index (χ3n) is 3.29. The number of carbonyl (C=O) groups excluding carboxylic acids is 1. The largest absolute Gasteiger partial charge is 0.324 e. The molecule has 110 valence electrons. The molecule has 1 amide bonds. The first-order valence-electron chi connectivity index (χ1n) is 6.71. The lowest BCUT2D eigenvalue weighted by Gasteiger charge is -2.06. The summed E-state index contributed by atoms with van der Waals surface area (Å²) < 4.78 is 1.98. The predicted molar refractivity (Wildman–Crippen MR) is 83.8 cm³/mol. The highest BCUT2D eigenvalue weighted by atomic mass is 35.5. The van der Waals surface area contributed by atoms with Gasteiger partial charge < -0.3 is 9.88 Å². The molecule has 1 fully saturated rings. The number of nitrogens with one attached hydrogen (secondary N) is 1. The van der Waals surface area contributed by atoms with Crippen LogP contribution in [0.15, 0.2) is 29.4 Å². The molecule has 0 unspecified atom stereocenters. The molecule has 0 radical (unpaired) electrons. The Kier molecular flexibility index (Phi) is 4.17. The van der Waals surface area contributed by atoms with Crippen molar-refractivity contribution in [3.63, 3.8) is 0 Å². The minimum absolute atomic E-state index is 0.107. The van der Waals surface area contributed by atoms with Gasteiger partial charge in [0.15, 0.2) is 5.16 Å². The van der Waals surface area contributed by atoms with Gasteiger partial charge in [0.05, 0.1) is 16.5 Å². The highest BCUT2D eigenvalue weighted by molar-refractivity contribution is 7.99. The first-order chi connectivity index (χ1) is 10.1. The zero-order valence-electron chi connectivity index (χ0n) is 11.5. The summed E-state index contributed by atoms with van der Waals surface area (Å²) in [5.74, 6) is 1.74. The highest BCUT2D eigenvalue weighted by Crippen LogP contribution is 2.39. The van der Waals surface area contributed by atoms with E-state index in [2.05, 4.69) is 15.5 Å². The second-order valence-electron chi connectivity index (χ2n) is 4.99. The number of halogens is 1. The van der Waals surface area contributed by atoms with Crippen molar-refractivity contribution in [2.45, 2.75) is 23.9 Å². The van der Waals surface area contributed by atoms with Crippen LogP contribution in [0.3, 0.4) is 0 Å². The molecule has 2 aromatic rings. The Hall–Kier alpha value is -1.53. The molecule has 3 rings (SSSR count). The van der Waals surface area contributed by atoms with Crippen LogP contribution in [-0.4, -0.2) is 26.4 Å². The molecule has 1 aromatic heterocycles. The maximum absolute atomic E-state index is 12.0. The van der Waals surface area contributed by atoms with Gasteiger partial charge in [0, 0.05) is 13.0 Å². The average molecular weight is 323 g/mol. The summed E-state index contributed by atoms with van der Waals surface area (Å²) >= 11 is 7.39. The molecule has 5 nitrogen and oxygen atoms in total. The zero-order chi connectivity index (χ0) is 14.8. The van der Waals surface area contributed by atoms with Gasteiger partial charge >= 0.3 is 0 Å². The van der Waals surface area contributed by atoms with E-state index >= 15 is 0 Å². The molecule has 1 saturated carbocycles. The second-order valence-corrected chi connectivity index (χ2v) is 6.34. The van der Waals surface area contributed by atoms with Crippen LogP contribution >= 0.6 is 23.4 Å². The standard InChI is InChI=1S/C14H15ClN4OS/c1-19-13(9-6-7-9)17-18-14(19)21-8-12(20)16-11-5-3-2-4-10(11)15/h2-5,9H,6-8H2,1H3,(H,16,20). The first kappa shape index (κ1) is 14.4. The Bertz CT molecular complexity index is 669. The molecule has 1 aliphatic rings. The third kappa shape index (κ3) is 3.39. The van der Waals surface area contributed by atoms with E-state index in [4.69, 9.17) is 11.6 Å². The van der Waals surface area contributed by atoms with Gasteiger partial charge in [0.2, 0.25) is 5.91 Å². The number of hydrogen-bond acceptors (Lipinski definition) is 4. The summed E-state index contributed by atoms with van der Waals surface area (Å²) in [4.78, 5) is 12.0. The van der Waals surface area contributed by atoms with Gasteiger partial charge in [-0.05, 0) is 25.0 Å². The van der Waals surface area contributed by atoms with Crippen molar-refractivity contribution in [1.29, 1.82) is 0 Å². The monoisotopic (exact) mass is 322 g/mol. The van der Waals surface area contributed by atoms with E-state index in [9.17, 15) is 4.79 Å². The summed E-state index contributed by atoms with van der Waals surface area (Å²) in [6.45, 7) is 0. The van der Waals surface area contributed by atoms with Gasteiger partial charge in [-0.1, -0.05) is 35.5 Å². The molecular weight excluding hydrogens is 308 g/mol. The number of thioether (sulfide) groups is 1. The molecule has 7 heteroatoms. The first-order valence-corrected chi connectivity index (χ1v) is 8.08. The normalized spacial score (nSPS) is 14.2. The molecule has 1 aromatic carbocycles. The average Bonchev–Trinajstić information content (AvgIpc) is 3.24. The van der Waals surface area contributed by atoms with E-state index in [-0.39, 0.29) is 11.7 Å². The fourth-order valence-electron chi connectivity index (χ4n) is 2.03. The quantitative estimate of drug-likeness (QED) is 0.859. The van der Waals surface area contributed by atoms with Gasteiger partial charge in [0.25, 0.3) is 0 Å². The van der Waals surface area contributed by atoms with Crippen molar-refractivity contribution >= 4 is 35.0 Å². The Morgan fingerprint density at radius 1 is 1.43 bits per heavy atom.